The molecule has 1 saturated carbocycles. The summed E-state index contributed by atoms with van der Waals surface area (Å²) < 4.78 is 0. The van der Waals surface area contributed by atoms with Gasteiger partial charge in [0.05, 0.1) is 0 Å². The van der Waals surface area contributed by atoms with Crippen LogP contribution in [0.3, 0.4) is 0 Å². The molecular formula is C10H22N2. The highest BCUT2D eigenvalue weighted by atomic mass is 15.1. The highest BCUT2D eigenvalue weighted by Gasteiger charge is 2.23. The number of rotatable bonds is 6. The van der Waals surface area contributed by atoms with E-state index in [1.54, 1.807) is 0 Å². The van der Waals surface area contributed by atoms with Crippen molar-refractivity contribution in [1.29, 1.82) is 0 Å². The van der Waals surface area contributed by atoms with E-state index in [1.165, 1.54) is 32.4 Å². The SMILES string of the molecule is CCCN(CC1CC1)C[C@@H](C)N. The van der Waals surface area contributed by atoms with Crippen LogP contribution in [-0.4, -0.2) is 30.6 Å². The topological polar surface area (TPSA) is 29.3 Å². The maximum absolute atomic E-state index is 5.78. The minimum Gasteiger partial charge on any atom is -0.327 e. The van der Waals surface area contributed by atoms with Crippen molar-refractivity contribution in [3.63, 3.8) is 0 Å². The maximum atomic E-state index is 5.78. The minimum absolute atomic E-state index is 0.329. The van der Waals surface area contributed by atoms with Gasteiger partial charge in [0.1, 0.15) is 0 Å². The van der Waals surface area contributed by atoms with E-state index in [-0.39, 0.29) is 0 Å². The molecule has 0 aliphatic heterocycles. The van der Waals surface area contributed by atoms with Gasteiger partial charge < -0.3 is 10.6 Å². The Balaban J connectivity index is 2.16. The highest BCUT2D eigenvalue weighted by Crippen LogP contribution is 2.29. The van der Waals surface area contributed by atoms with Gasteiger partial charge in [0.15, 0.2) is 0 Å². The van der Waals surface area contributed by atoms with Gasteiger partial charge in [0.25, 0.3) is 0 Å². The van der Waals surface area contributed by atoms with Crippen molar-refractivity contribution in [2.24, 2.45) is 11.7 Å². The standard InChI is InChI=1S/C10H22N2/c1-3-6-12(7-9(2)11)8-10-4-5-10/h9-10H,3-8,11H2,1-2H3/t9-/m1/s1. The average Bonchev–Trinajstić information content (AvgIpc) is 2.70. The van der Waals surface area contributed by atoms with E-state index in [0.29, 0.717) is 6.04 Å². The molecule has 1 fully saturated rings. The van der Waals surface area contributed by atoms with Crippen LogP contribution >= 0.6 is 0 Å². The Morgan fingerprint density at radius 3 is 2.58 bits per heavy atom. The van der Waals surface area contributed by atoms with E-state index in [2.05, 4.69) is 18.7 Å². The molecule has 0 saturated heterocycles. The molecule has 0 aromatic heterocycles. The van der Waals surface area contributed by atoms with Gasteiger partial charge in [-0.1, -0.05) is 6.92 Å². The van der Waals surface area contributed by atoms with E-state index in [4.69, 9.17) is 5.73 Å². The second-order valence-electron chi connectivity index (χ2n) is 4.18. The molecule has 0 aromatic carbocycles. The third-order valence-corrected chi connectivity index (χ3v) is 2.30. The molecule has 1 aliphatic carbocycles. The van der Waals surface area contributed by atoms with E-state index in [0.717, 1.165) is 12.5 Å². The zero-order chi connectivity index (χ0) is 8.97. The van der Waals surface area contributed by atoms with E-state index < -0.39 is 0 Å². The molecule has 0 heterocycles. The van der Waals surface area contributed by atoms with Crippen LogP contribution in [0, 0.1) is 5.92 Å². The van der Waals surface area contributed by atoms with Gasteiger partial charge >= 0.3 is 0 Å². The van der Waals surface area contributed by atoms with Gasteiger partial charge in [-0.05, 0) is 38.6 Å². The number of nitrogens with zero attached hydrogens (tertiary/aromatic N) is 1. The Kier molecular flexibility index (Phi) is 4.02. The summed E-state index contributed by atoms with van der Waals surface area (Å²) >= 11 is 0. The molecular weight excluding hydrogens is 148 g/mol. The number of nitrogens with two attached hydrogens (primary N) is 1. The van der Waals surface area contributed by atoms with Crippen LogP contribution in [0.25, 0.3) is 0 Å². The lowest BCUT2D eigenvalue weighted by Gasteiger charge is -2.23. The predicted octanol–water partition coefficient (Wildman–Crippen LogP) is 1.46. The lowest BCUT2D eigenvalue weighted by atomic mass is 10.2. The Labute approximate surface area is 76.1 Å². The van der Waals surface area contributed by atoms with Crippen LogP contribution < -0.4 is 5.73 Å². The molecule has 12 heavy (non-hydrogen) atoms. The van der Waals surface area contributed by atoms with Crippen molar-refractivity contribution in [3.05, 3.63) is 0 Å². The molecule has 2 nitrogen and oxygen atoms in total. The molecule has 1 aliphatic rings. The third-order valence-electron chi connectivity index (χ3n) is 2.30. The number of hydrogen-bond acceptors (Lipinski definition) is 2. The summed E-state index contributed by atoms with van der Waals surface area (Å²) in [5.74, 6) is 0.996. The van der Waals surface area contributed by atoms with Crippen molar-refractivity contribution < 1.29 is 0 Å². The van der Waals surface area contributed by atoms with Gasteiger partial charge in [-0.15, -0.1) is 0 Å². The normalized spacial score (nSPS) is 20.0. The van der Waals surface area contributed by atoms with Gasteiger partial charge in [-0.25, -0.2) is 0 Å². The Bertz CT molecular complexity index is 115. The van der Waals surface area contributed by atoms with Crippen molar-refractivity contribution in [3.8, 4) is 0 Å². The lowest BCUT2D eigenvalue weighted by molar-refractivity contribution is 0.251. The first-order chi connectivity index (χ1) is 5.72. The van der Waals surface area contributed by atoms with Crippen molar-refractivity contribution >= 4 is 0 Å². The molecule has 0 spiro atoms. The van der Waals surface area contributed by atoms with Crippen LogP contribution in [0.2, 0.25) is 0 Å². The van der Waals surface area contributed by atoms with Crippen LogP contribution in [-0.2, 0) is 0 Å². The first-order valence-electron chi connectivity index (χ1n) is 5.20. The molecule has 0 bridgehead atoms. The molecule has 0 unspecified atom stereocenters. The molecule has 2 heteroatoms. The second-order valence-corrected chi connectivity index (χ2v) is 4.18. The van der Waals surface area contributed by atoms with Crippen molar-refractivity contribution in [2.75, 3.05) is 19.6 Å². The fourth-order valence-corrected chi connectivity index (χ4v) is 1.65. The summed E-state index contributed by atoms with van der Waals surface area (Å²) in [5, 5.41) is 0. The van der Waals surface area contributed by atoms with Gasteiger partial charge in [-0.2, -0.15) is 0 Å². The summed E-state index contributed by atoms with van der Waals surface area (Å²) in [6, 6.07) is 0.329. The van der Waals surface area contributed by atoms with Gasteiger partial charge in [-0.3, -0.25) is 0 Å². The Hall–Kier alpha value is -0.0800. The quantitative estimate of drug-likeness (QED) is 0.654. The minimum atomic E-state index is 0.329. The van der Waals surface area contributed by atoms with E-state index in [1.807, 2.05) is 0 Å². The van der Waals surface area contributed by atoms with Crippen molar-refractivity contribution in [2.45, 2.75) is 39.2 Å². The Morgan fingerprint density at radius 1 is 1.50 bits per heavy atom. The molecule has 2 N–H and O–H groups in total. The predicted molar refractivity (Wildman–Crippen MR) is 53.1 cm³/mol. The molecule has 0 aromatic rings. The zero-order valence-electron chi connectivity index (χ0n) is 8.42. The molecule has 0 radical (unpaired) electrons. The molecule has 1 rings (SSSR count). The van der Waals surface area contributed by atoms with Gasteiger partial charge in [0.2, 0.25) is 0 Å². The summed E-state index contributed by atoms with van der Waals surface area (Å²) in [6.45, 7) is 7.91. The Morgan fingerprint density at radius 2 is 2.17 bits per heavy atom. The zero-order valence-corrected chi connectivity index (χ0v) is 8.42. The highest BCUT2D eigenvalue weighted by molar-refractivity contribution is 4.78. The summed E-state index contributed by atoms with van der Waals surface area (Å²) in [6.07, 6.45) is 4.14. The van der Waals surface area contributed by atoms with E-state index in [9.17, 15) is 0 Å². The summed E-state index contributed by atoms with van der Waals surface area (Å²) in [4.78, 5) is 2.52. The summed E-state index contributed by atoms with van der Waals surface area (Å²) in [7, 11) is 0. The smallest absolute Gasteiger partial charge is 0.0139 e. The van der Waals surface area contributed by atoms with Crippen LogP contribution in [0.4, 0.5) is 0 Å². The average molecular weight is 170 g/mol. The van der Waals surface area contributed by atoms with Crippen LogP contribution in [0.1, 0.15) is 33.1 Å². The fraction of sp³-hybridized carbons (Fsp3) is 1.00. The monoisotopic (exact) mass is 170 g/mol. The fourth-order valence-electron chi connectivity index (χ4n) is 1.65. The second kappa shape index (κ2) is 4.83. The summed E-state index contributed by atoms with van der Waals surface area (Å²) in [5.41, 5.74) is 5.78. The molecule has 0 amide bonds. The molecule has 72 valence electrons. The first-order valence-corrected chi connectivity index (χ1v) is 5.20. The van der Waals surface area contributed by atoms with Crippen molar-refractivity contribution in [1.82, 2.24) is 4.90 Å². The molecule has 1 atom stereocenters. The maximum Gasteiger partial charge on any atom is 0.0139 e. The third kappa shape index (κ3) is 4.07. The number of hydrogen-bond donors (Lipinski definition) is 1. The first kappa shape index (κ1) is 10.0. The van der Waals surface area contributed by atoms with E-state index >= 15 is 0 Å². The largest absolute Gasteiger partial charge is 0.327 e. The van der Waals surface area contributed by atoms with Crippen LogP contribution in [0.15, 0.2) is 0 Å². The van der Waals surface area contributed by atoms with Gasteiger partial charge in [0, 0.05) is 19.1 Å². The lowest BCUT2D eigenvalue weighted by Crippen LogP contribution is -2.37. The van der Waals surface area contributed by atoms with Crippen LogP contribution in [0.5, 0.6) is 0 Å².